The second kappa shape index (κ2) is 6.45. The number of ether oxygens (including phenoxy) is 1. The molecule has 0 saturated carbocycles. The molecule has 1 aromatic heterocycles. The molecule has 3 heteroatoms. The van der Waals surface area contributed by atoms with Crippen LogP contribution >= 0.6 is 0 Å². The van der Waals surface area contributed by atoms with Crippen LogP contribution in [0.4, 0.5) is 0 Å². The van der Waals surface area contributed by atoms with Crippen molar-refractivity contribution in [2.24, 2.45) is 5.41 Å². The maximum atomic E-state index is 5.86. The lowest BCUT2D eigenvalue weighted by Gasteiger charge is -2.19. The SMILES string of the molecule is CC(C)(C)Cc1nc2ccccc2n1CCOc1ccccc1. The fourth-order valence-corrected chi connectivity index (χ4v) is 2.76. The van der Waals surface area contributed by atoms with Gasteiger partial charge in [0.15, 0.2) is 0 Å². The second-order valence-electron chi connectivity index (χ2n) is 7.07. The monoisotopic (exact) mass is 308 g/mol. The summed E-state index contributed by atoms with van der Waals surface area (Å²) in [5.41, 5.74) is 2.45. The van der Waals surface area contributed by atoms with Crippen LogP contribution in [-0.2, 0) is 13.0 Å². The minimum absolute atomic E-state index is 0.208. The molecule has 0 saturated heterocycles. The number of benzene rings is 2. The molecule has 2 aromatic carbocycles. The van der Waals surface area contributed by atoms with Crippen molar-refractivity contribution >= 4 is 11.0 Å². The van der Waals surface area contributed by atoms with Crippen LogP contribution in [-0.4, -0.2) is 16.2 Å². The molecular weight excluding hydrogens is 284 g/mol. The zero-order chi connectivity index (χ0) is 16.3. The lowest BCUT2D eigenvalue weighted by Crippen LogP contribution is -2.17. The van der Waals surface area contributed by atoms with Crippen LogP contribution in [0.3, 0.4) is 0 Å². The summed E-state index contributed by atoms with van der Waals surface area (Å²) in [6.07, 6.45) is 0.951. The number of aromatic nitrogens is 2. The summed E-state index contributed by atoms with van der Waals surface area (Å²) in [5, 5.41) is 0. The van der Waals surface area contributed by atoms with E-state index in [-0.39, 0.29) is 5.41 Å². The van der Waals surface area contributed by atoms with Crippen LogP contribution in [0.25, 0.3) is 11.0 Å². The van der Waals surface area contributed by atoms with Gasteiger partial charge in [0.25, 0.3) is 0 Å². The molecule has 0 bridgehead atoms. The summed E-state index contributed by atoms with van der Waals surface area (Å²) in [6.45, 7) is 8.19. The molecule has 0 aliphatic rings. The zero-order valence-corrected chi connectivity index (χ0v) is 14.1. The van der Waals surface area contributed by atoms with E-state index in [0.717, 1.165) is 30.1 Å². The number of imidazole rings is 1. The number of fused-ring (bicyclic) bond motifs is 1. The molecule has 0 radical (unpaired) electrons. The normalized spacial score (nSPS) is 11.8. The quantitative estimate of drug-likeness (QED) is 0.683. The Morgan fingerprint density at radius 2 is 1.65 bits per heavy atom. The Bertz CT molecular complexity index is 769. The van der Waals surface area contributed by atoms with Crippen LogP contribution in [0.2, 0.25) is 0 Å². The minimum Gasteiger partial charge on any atom is -0.492 e. The van der Waals surface area contributed by atoms with E-state index in [9.17, 15) is 0 Å². The number of nitrogens with zero attached hydrogens (tertiary/aromatic N) is 2. The van der Waals surface area contributed by atoms with Crippen LogP contribution < -0.4 is 4.74 Å². The van der Waals surface area contributed by atoms with Gasteiger partial charge >= 0.3 is 0 Å². The van der Waals surface area contributed by atoms with Crippen molar-refractivity contribution in [2.45, 2.75) is 33.7 Å². The summed E-state index contributed by atoms with van der Waals surface area (Å²) < 4.78 is 8.16. The van der Waals surface area contributed by atoms with Crippen molar-refractivity contribution in [1.29, 1.82) is 0 Å². The second-order valence-corrected chi connectivity index (χ2v) is 7.07. The molecule has 3 rings (SSSR count). The van der Waals surface area contributed by atoms with E-state index in [4.69, 9.17) is 9.72 Å². The maximum Gasteiger partial charge on any atom is 0.119 e. The summed E-state index contributed by atoms with van der Waals surface area (Å²) in [7, 11) is 0. The van der Waals surface area contributed by atoms with Gasteiger partial charge in [0.05, 0.1) is 17.6 Å². The van der Waals surface area contributed by atoms with Crippen molar-refractivity contribution in [1.82, 2.24) is 9.55 Å². The van der Waals surface area contributed by atoms with E-state index in [2.05, 4.69) is 43.5 Å². The molecule has 23 heavy (non-hydrogen) atoms. The highest BCUT2D eigenvalue weighted by Crippen LogP contribution is 2.24. The largest absolute Gasteiger partial charge is 0.492 e. The van der Waals surface area contributed by atoms with Gasteiger partial charge in [-0.1, -0.05) is 51.1 Å². The number of rotatable bonds is 5. The van der Waals surface area contributed by atoms with Gasteiger partial charge in [0.1, 0.15) is 18.2 Å². The third-order valence-corrected chi connectivity index (χ3v) is 3.75. The molecule has 3 aromatic rings. The van der Waals surface area contributed by atoms with Crippen molar-refractivity contribution in [3.63, 3.8) is 0 Å². The van der Waals surface area contributed by atoms with E-state index < -0.39 is 0 Å². The van der Waals surface area contributed by atoms with Crippen molar-refractivity contribution in [3.8, 4) is 5.75 Å². The Morgan fingerprint density at radius 1 is 0.957 bits per heavy atom. The van der Waals surface area contributed by atoms with Gasteiger partial charge in [-0.25, -0.2) is 4.98 Å². The molecule has 0 atom stereocenters. The van der Waals surface area contributed by atoms with E-state index >= 15 is 0 Å². The number of para-hydroxylation sites is 3. The molecule has 0 fully saturated rings. The Hall–Kier alpha value is -2.29. The Balaban J connectivity index is 1.81. The standard InChI is InChI=1S/C20H24N2O/c1-20(2,3)15-19-21-17-11-7-8-12-18(17)22(19)13-14-23-16-9-5-4-6-10-16/h4-12H,13-15H2,1-3H3. The lowest BCUT2D eigenvalue weighted by molar-refractivity contribution is 0.294. The highest BCUT2D eigenvalue weighted by molar-refractivity contribution is 5.75. The predicted octanol–water partition coefficient (Wildman–Crippen LogP) is 4.70. The fraction of sp³-hybridized carbons (Fsp3) is 0.350. The molecule has 0 N–H and O–H groups in total. The maximum absolute atomic E-state index is 5.86. The Labute approximate surface area is 137 Å². The Morgan fingerprint density at radius 3 is 2.39 bits per heavy atom. The Kier molecular flexibility index (Phi) is 4.37. The first-order valence-electron chi connectivity index (χ1n) is 8.15. The fourth-order valence-electron chi connectivity index (χ4n) is 2.76. The first kappa shape index (κ1) is 15.6. The highest BCUT2D eigenvalue weighted by Gasteiger charge is 2.18. The van der Waals surface area contributed by atoms with Gasteiger partial charge in [-0.2, -0.15) is 0 Å². The number of hydrogen-bond acceptors (Lipinski definition) is 2. The number of hydrogen-bond donors (Lipinski definition) is 0. The van der Waals surface area contributed by atoms with E-state index in [1.165, 1.54) is 5.52 Å². The van der Waals surface area contributed by atoms with Crippen LogP contribution in [0.15, 0.2) is 54.6 Å². The van der Waals surface area contributed by atoms with Gasteiger partial charge in [-0.3, -0.25) is 0 Å². The molecule has 0 amide bonds. The molecule has 0 aliphatic carbocycles. The summed E-state index contributed by atoms with van der Waals surface area (Å²) >= 11 is 0. The molecule has 0 unspecified atom stereocenters. The zero-order valence-electron chi connectivity index (χ0n) is 14.1. The first-order valence-corrected chi connectivity index (χ1v) is 8.15. The summed E-state index contributed by atoms with van der Waals surface area (Å²) in [5.74, 6) is 2.05. The minimum atomic E-state index is 0.208. The third kappa shape index (κ3) is 3.92. The van der Waals surface area contributed by atoms with E-state index in [0.29, 0.717) is 6.61 Å². The van der Waals surface area contributed by atoms with Crippen molar-refractivity contribution < 1.29 is 4.74 Å². The average Bonchev–Trinajstić information content (AvgIpc) is 2.84. The molecule has 120 valence electrons. The van der Waals surface area contributed by atoms with Crippen molar-refractivity contribution in [2.75, 3.05) is 6.61 Å². The molecule has 0 spiro atoms. The van der Waals surface area contributed by atoms with Crippen LogP contribution in [0.1, 0.15) is 26.6 Å². The van der Waals surface area contributed by atoms with Crippen LogP contribution in [0.5, 0.6) is 5.75 Å². The van der Waals surface area contributed by atoms with Gasteiger partial charge in [-0.05, 0) is 29.7 Å². The van der Waals surface area contributed by atoms with E-state index in [1.807, 2.05) is 36.4 Å². The predicted molar refractivity (Wildman–Crippen MR) is 94.8 cm³/mol. The molecule has 1 heterocycles. The summed E-state index contributed by atoms with van der Waals surface area (Å²) in [6, 6.07) is 18.3. The highest BCUT2D eigenvalue weighted by atomic mass is 16.5. The van der Waals surface area contributed by atoms with E-state index in [1.54, 1.807) is 0 Å². The van der Waals surface area contributed by atoms with Crippen molar-refractivity contribution in [3.05, 3.63) is 60.4 Å². The van der Waals surface area contributed by atoms with Gasteiger partial charge in [0.2, 0.25) is 0 Å². The van der Waals surface area contributed by atoms with Gasteiger partial charge < -0.3 is 9.30 Å². The molecule has 0 aliphatic heterocycles. The van der Waals surface area contributed by atoms with Crippen LogP contribution in [0, 0.1) is 5.41 Å². The topological polar surface area (TPSA) is 27.1 Å². The third-order valence-electron chi connectivity index (χ3n) is 3.75. The smallest absolute Gasteiger partial charge is 0.119 e. The first-order chi connectivity index (χ1) is 11.0. The average molecular weight is 308 g/mol. The molecular formula is C20H24N2O. The van der Waals surface area contributed by atoms with Gasteiger partial charge in [0, 0.05) is 6.42 Å². The van der Waals surface area contributed by atoms with Gasteiger partial charge in [-0.15, -0.1) is 0 Å². The lowest BCUT2D eigenvalue weighted by atomic mass is 9.92. The molecule has 3 nitrogen and oxygen atoms in total. The summed E-state index contributed by atoms with van der Waals surface area (Å²) in [4.78, 5) is 4.83.